The molecule has 1 saturated heterocycles. The molecule has 94 valence electrons. The fourth-order valence-corrected chi connectivity index (χ4v) is 2.42. The molecule has 3 nitrogen and oxygen atoms in total. The quantitative estimate of drug-likeness (QED) is 0.862. The second-order valence-electron chi connectivity index (χ2n) is 4.39. The maximum absolute atomic E-state index is 9.60. The largest absolute Gasteiger partial charge is 0.394 e. The molecule has 0 aliphatic carbocycles. The number of hydrogen-bond acceptors (Lipinski definition) is 3. The highest BCUT2D eigenvalue weighted by molar-refractivity contribution is 6.30. The van der Waals surface area contributed by atoms with Crippen molar-refractivity contribution in [2.75, 3.05) is 32.8 Å². The molecule has 0 saturated carbocycles. The fraction of sp³-hybridized carbons (Fsp3) is 0.538. The van der Waals surface area contributed by atoms with E-state index in [9.17, 15) is 5.11 Å². The number of nitrogens with zero attached hydrogens (tertiary/aromatic N) is 1. The van der Waals surface area contributed by atoms with E-state index < -0.39 is 0 Å². The molecule has 4 heteroatoms. The second kappa shape index (κ2) is 6.36. The summed E-state index contributed by atoms with van der Waals surface area (Å²) in [5, 5.41) is 13.7. The Morgan fingerprint density at radius 3 is 2.71 bits per heavy atom. The highest BCUT2D eigenvalue weighted by Crippen LogP contribution is 2.22. The predicted molar refractivity (Wildman–Crippen MR) is 70.3 cm³/mol. The van der Waals surface area contributed by atoms with Crippen LogP contribution in [0.2, 0.25) is 5.02 Å². The molecule has 1 aliphatic rings. The molecule has 2 N–H and O–H groups in total. The Morgan fingerprint density at radius 1 is 1.24 bits per heavy atom. The van der Waals surface area contributed by atoms with Gasteiger partial charge in [0, 0.05) is 24.7 Å². The van der Waals surface area contributed by atoms with Gasteiger partial charge in [-0.15, -0.1) is 0 Å². The van der Waals surface area contributed by atoms with Crippen molar-refractivity contribution >= 4 is 11.6 Å². The average molecular weight is 255 g/mol. The molecule has 1 heterocycles. The Hall–Kier alpha value is -0.610. The second-order valence-corrected chi connectivity index (χ2v) is 4.83. The zero-order valence-corrected chi connectivity index (χ0v) is 10.7. The molecule has 0 aromatic heterocycles. The van der Waals surface area contributed by atoms with Crippen LogP contribution in [0, 0.1) is 0 Å². The number of nitrogens with one attached hydrogen (secondary N) is 1. The van der Waals surface area contributed by atoms with Gasteiger partial charge in [0.15, 0.2) is 0 Å². The maximum atomic E-state index is 9.60. The molecule has 2 rings (SSSR count). The van der Waals surface area contributed by atoms with E-state index in [2.05, 4.69) is 10.2 Å². The lowest BCUT2D eigenvalue weighted by atomic mass is 10.1. The minimum Gasteiger partial charge on any atom is -0.394 e. The highest BCUT2D eigenvalue weighted by Gasteiger charge is 2.20. The molecule has 0 bridgehead atoms. The molecular formula is C13H19ClN2O. The first kappa shape index (κ1) is 12.8. The van der Waals surface area contributed by atoms with Gasteiger partial charge in [0.25, 0.3) is 0 Å². The van der Waals surface area contributed by atoms with Crippen molar-refractivity contribution in [3.63, 3.8) is 0 Å². The Labute approximate surface area is 107 Å². The van der Waals surface area contributed by atoms with Crippen LogP contribution in [0.5, 0.6) is 0 Å². The molecule has 1 atom stereocenters. The van der Waals surface area contributed by atoms with Gasteiger partial charge in [0.05, 0.1) is 12.6 Å². The first-order valence-corrected chi connectivity index (χ1v) is 6.50. The van der Waals surface area contributed by atoms with Crippen LogP contribution in [0.25, 0.3) is 0 Å². The van der Waals surface area contributed by atoms with Crippen molar-refractivity contribution in [3.8, 4) is 0 Å². The number of aliphatic hydroxyl groups is 1. The summed E-state index contributed by atoms with van der Waals surface area (Å²) in [6, 6.07) is 7.86. The van der Waals surface area contributed by atoms with E-state index in [1.54, 1.807) is 0 Å². The van der Waals surface area contributed by atoms with E-state index in [-0.39, 0.29) is 12.6 Å². The van der Waals surface area contributed by atoms with Crippen LogP contribution in [-0.4, -0.2) is 42.8 Å². The summed E-state index contributed by atoms with van der Waals surface area (Å²) in [6.45, 7) is 4.22. The zero-order valence-electron chi connectivity index (χ0n) is 9.90. The number of rotatable bonds is 3. The first-order valence-electron chi connectivity index (χ1n) is 6.12. The fourth-order valence-electron chi connectivity index (χ4n) is 2.29. The van der Waals surface area contributed by atoms with Crippen molar-refractivity contribution in [1.82, 2.24) is 10.2 Å². The van der Waals surface area contributed by atoms with E-state index in [1.807, 2.05) is 24.3 Å². The molecule has 0 radical (unpaired) electrons. The van der Waals surface area contributed by atoms with Gasteiger partial charge < -0.3 is 10.4 Å². The lowest BCUT2D eigenvalue weighted by molar-refractivity contribution is 0.130. The molecule has 17 heavy (non-hydrogen) atoms. The van der Waals surface area contributed by atoms with E-state index in [0.717, 1.165) is 43.2 Å². The molecule has 1 aromatic rings. The number of halogens is 1. The monoisotopic (exact) mass is 254 g/mol. The van der Waals surface area contributed by atoms with Crippen molar-refractivity contribution < 1.29 is 5.11 Å². The summed E-state index contributed by atoms with van der Waals surface area (Å²) in [5.74, 6) is 0. The molecule has 1 aliphatic heterocycles. The number of hydrogen-bond donors (Lipinski definition) is 2. The smallest absolute Gasteiger partial charge is 0.0628 e. The van der Waals surface area contributed by atoms with Crippen LogP contribution in [0.1, 0.15) is 18.0 Å². The third-order valence-corrected chi connectivity index (χ3v) is 3.50. The van der Waals surface area contributed by atoms with Crippen LogP contribution in [0.4, 0.5) is 0 Å². The van der Waals surface area contributed by atoms with Gasteiger partial charge in [-0.25, -0.2) is 0 Å². The third kappa shape index (κ3) is 3.42. The van der Waals surface area contributed by atoms with Gasteiger partial charge in [-0.05, 0) is 30.7 Å². The zero-order chi connectivity index (χ0) is 12.1. The number of benzene rings is 1. The van der Waals surface area contributed by atoms with Crippen molar-refractivity contribution in [2.24, 2.45) is 0 Å². The van der Waals surface area contributed by atoms with Gasteiger partial charge in [0.2, 0.25) is 0 Å². The molecule has 0 spiro atoms. The van der Waals surface area contributed by atoms with Crippen LogP contribution >= 0.6 is 11.6 Å². The Morgan fingerprint density at radius 2 is 2.00 bits per heavy atom. The Kier molecular flexibility index (Phi) is 4.80. The van der Waals surface area contributed by atoms with E-state index in [0.29, 0.717) is 0 Å². The van der Waals surface area contributed by atoms with Crippen LogP contribution in [0.3, 0.4) is 0 Å². The highest BCUT2D eigenvalue weighted by atomic mass is 35.5. The molecular weight excluding hydrogens is 236 g/mol. The summed E-state index contributed by atoms with van der Waals surface area (Å²) in [6.07, 6.45) is 1.13. The third-order valence-electron chi connectivity index (χ3n) is 3.24. The molecule has 0 amide bonds. The van der Waals surface area contributed by atoms with E-state index >= 15 is 0 Å². The Balaban J connectivity index is 2.11. The average Bonchev–Trinajstić information content (AvgIpc) is 2.62. The first-order chi connectivity index (χ1) is 8.31. The minimum absolute atomic E-state index is 0.0900. The number of aliphatic hydroxyl groups excluding tert-OH is 1. The summed E-state index contributed by atoms with van der Waals surface area (Å²) in [4.78, 5) is 2.34. The molecule has 1 fully saturated rings. The normalized spacial score (nSPS) is 19.9. The van der Waals surface area contributed by atoms with Gasteiger partial charge in [-0.2, -0.15) is 0 Å². The summed E-state index contributed by atoms with van der Waals surface area (Å²) in [5.41, 5.74) is 1.14. The maximum Gasteiger partial charge on any atom is 0.0628 e. The van der Waals surface area contributed by atoms with Gasteiger partial charge in [0.1, 0.15) is 0 Å². The SMILES string of the molecule is OCC(c1ccc(Cl)cc1)N1CCCNCC1. The van der Waals surface area contributed by atoms with E-state index in [4.69, 9.17) is 11.6 Å². The van der Waals surface area contributed by atoms with Gasteiger partial charge in [-0.3, -0.25) is 4.90 Å². The summed E-state index contributed by atoms with van der Waals surface area (Å²) >= 11 is 5.89. The van der Waals surface area contributed by atoms with Crippen molar-refractivity contribution in [2.45, 2.75) is 12.5 Å². The van der Waals surface area contributed by atoms with Crippen LogP contribution in [-0.2, 0) is 0 Å². The van der Waals surface area contributed by atoms with Crippen LogP contribution in [0.15, 0.2) is 24.3 Å². The summed E-state index contributed by atoms with van der Waals surface area (Å²) < 4.78 is 0. The van der Waals surface area contributed by atoms with Gasteiger partial charge in [-0.1, -0.05) is 23.7 Å². The summed E-state index contributed by atoms with van der Waals surface area (Å²) in [7, 11) is 0. The molecule has 1 unspecified atom stereocenters. The standard InChI is InChI=1S/C13H19ClN2O/c14-12-4-2-11(3-5-12)13(10-17)16-8-1-6-15-7-9-16/h2-5,13,15,17H,1,6-10H2. The molecule has 1 aromatic carbocycles. The van der Waals surface area contributed by atoms with E-state index in [1.165, 1.54) is 0 Å². The topological polar surface area (TPSA) is 35.5 Å². The lowest BCUT2D eigenvalue weighted by Gasteiger charge is -2.29. The lowest BCUT2D eigenvalue weighted by Crippen LogP contribution is -2.34. The van der Waals surface area contributed by atoms with Crippen LogP contribution < -0.4 is 5.32 Å². The Bertz CT molecular complexity index is 334. The van der Waals surface area contributed by atoms with Crippen molar-refractivity contribution in [3.05, 3.63) is 34.9 Å². The van der Waals surface area contributed by atoms with Crippen molar-refractivity contribution in [1.29, 1.82) is 0 Å². The minimum atomic E-state index is 0.0900. The van der Waals surface area contributed by atoms with Gasteiger partial charge >= 0.3 is 0 Å². The predicted octanol–water partition coefficient (Wildman–Crippen LogP) is 1.67.